The summed E-state index contributed by atoms with van der Waals surface area (Å²) < 4.78 is 1.21. The first kappa shape index (κ1) is 15.7. The number of piperazine rings is 1. The summed E-state index contributed by atoms with van der Waals surface area (Å²) in [7, 11) is 0. The number of hydrogen-bond donors (Lipinski definition) is 1. The highest BCUT2D eigenvalue weighted by Crippen LogP contribution is 2.21. The Kier molecular flexibility index (Phi) is 8.23. The number of hydrogen-bond acceptors (Lipinski definition) is 3. The Labute approximate surface area is 115 Å². The number of nitrogens with one attached hydrogen (secondary N) is 1. The smallest absolute Gasteiger partial charge is 0.0329 e. The number of thiophene rings is 1. The minimum Gasteiger partial charge on any atom is -0.314 e. The number of nitrogens with zero attached hydrogens (tertiary/aromatic N) is 1. The lowest BCUT2D eigenvalue weighted by molar-refractivity contribution is 0.235. The molecule has 0 bridgehead atoms. The van der Waals surface area contributed by atoms with Gasteiger partial charge in [0.15, 0.2) is 0 Å². The molecule has 0 aliphatic carbocycles. The lowest BCUT2D eigenvalue weighted by atomic mass is 10.3. The summed E-state index contributed by atoms with van der Waals surface area (Å²) in [5, 5.41) is 5.51. The van der Waals surface area contributed by atoms with E-state index in [0.29, 0.717) is 0 Å². The molecule has 1 N–H and O–H groups in total. The van der Waals surface area contributed by atoms with Crippen molar-refractivity contribution in [2.45, 2.75) is 6.54 Å². The summed E-state index contributed by atoms with van der Waals surface area (Å²) >= 11 is 5.31. The van der Waals surface area contributed by atoms with Crippen molar-refractivity contribution in [1.29, 1.82) is 0 Å². The molecule has 0 saturated carbocycles. The van der Waals surface area contributed by atoms with E-state index in [1.165, 1.54) is 22.4 Å². The van der Waals surface area contributed by atoms with Gasteiger partial charge in [-0.25, -0.2) is 0 Å². The van der Waals surface area contributed by atoms with Crippen LogP contribution in [-0.2, 0) is 6.54 Å². The van der Waals surface area contributed by atoms with E-state index in [0.717, 1.165) is 19.6 Å². The highest BCUT2D eigenvalue weighted by atomic mass is 79.9. The maximum atomic E-state index is 3.48. The van der Waals surface area contributed by atoms with Crippen molar-refractivity contribution in [2.75, 3.05) is 26.2 Å². The van der Waals surface area contributed by atoms with Gasteiger partial charge in [-0.05, 0) is 22.0 Å². The van der Waals surface area contributed by atoms with E-state index in [1.54, 1.807) is 0 Å². The van der Waals surface area contributed by atoms with Crippen LogP contribution < -0.4 is 5.32 Å². The molecule has 1 aromatic heterocycles. The van der Waals surface area contributed by atoms with Crippen molar-refractivity contribution in [2.24, 2.45) is 0 Å². The predicted molar refractivity (Wildman–Crippen MR) is 74.7 cm³/mol. The molecule has 0 radical (unpaired) electrons. The van der Waals surface area contributed by atoms with Crippen LogP contribution in [0.4, 0.5) is 0 Å². The van der Waals surface area contributed by atoms with Gasteiger partial charge >= 0.3 is 0 Å². The first-order valence-electron chi connectivity index (χ1n) is 4.50. The first-order valence-corrected chi connectivity index (χ1v) is 6.18. The predicted octanol–water partition coefficient (Wildman–Crippen LogP) is 2.76. The Balaban J connectivity index is 0.000000980. The summed E-state index contributed by atoms with van der Waals surface area (Å²) in [6.45, 7) is 5.72. The van der Waals surface area contributed by atoms with Crippen LogP contribution in [0.15, 0.2) is 15.9 Å². The number of rotatable bonds is 2. The Morgan fingerprint density at radius 2 is 2.00 bits per heavy atom. The zero-order chi connectivity index (χ0) is 9.10. The largest absolute Gasteiger partial charge is 0.314 e. The van der Waals surface area contributed by atoms with Gasteiger partial charge < -0.3 is 5.32 Å². The van der Waals surface area contributed by atoms with Crippen LogP contribution in [0.25, 0.3) is 0 Å². The third kappa shape index (κ3) is 5.02. The lowest BCUT2D eigenvalue weighted by Crippen LogP contribution is -2.42. The molecule has 0 atom stereocenters. The van der Waals surface area contributed by atoms with E-state index >= 15 is 0 Å². The molecule has 2 nitrogen and oxygen atoms in total. The second-order valence-electron chi connectivity index (χ2n) is 3.26. The van der Waals surface area contributed by atoms with Crippen molar-refractivity contribution in [1.82, 2.24) is 10.2 Å². The summed E-state index contributed by atoms with van der Waals surface area (Å²) in [4.78, 5) is 3.95. The molecule has 1 aromatic rings. The van der Waals surface area contributed by atoms with Crippen molar-refractivity contribution < 1.29 is 0 Å². The van der Waals surface area contributed by atoms with Gasteiger partial charge in [-0.15, -0.1) is 36.2 Å². The van der Waals surface area contributed by atoms with Crippen LogP contribution >= 0.6 is 52.1 Å². The SMILES string of the molecule is Brc1csc(CN2CCNCC2)c1.Cl.Cl. The molecule has 2 heterocycles. The van der Waals surface area contributed by atoms with Gasteiger partial charge in [0.1, 0.15) is 0 Å². The lowest BCUT2D eigenvalue weighted by Gasteiger charge is -2.26. The normalized spacial score (nSPS) is 16.6. The molecular formula is C9H15BrCl2N2S. The average Bonchev–Trinajstić information content (AvgIpc) is 2.53. The molecular weight excluding hydrogens is 319 g/mol. The van der Waals surface area contributed by atoms with E-state index in [9.17, 15) is 0 Å². The van der Waals surface area contributed by atoms with Gasteiger partial charge in [0.2, 0.25) is 0 Å². The van der Waals surface area contributed by atoms with E-state index in [-0.39, 0.29) is 24.8 Å². The monoisotopic (exact) mass is 332 g/mol. The fourth-order valence-corrected chi connectivity index (χ4v) is 3.02. The van der Waals surface area contributed by atoms with Gasteiger partial charge in [0, 0.05) is 47.5 Å². The summed E-state index contributed by atoms with van der Waals surface area (Å²) in [6.07, 6.45) is 0. The molecule has 0 unspecified atom stereocenters. The Morgan fingerprint density at radius 3 is 2.53 bits per heavy atom. The maximum Gasteiger partial charge on any atom is 0.0329 e. The van der Waals surface area contributed by atoms with Gasteiger partial charge in [0.05, 0.1) is 0 Å². The van der Waals surface area contributed by atoms with Crippen LogP contribution in [0, 0.1) is 0 Å². The Bertz CT molecular complexity index is 277. The van der Waals surface area contributed by atoms with Crippen molar-refractivity contribution >= 4 is 52.1 Å². The molecule has 2 rings (SSSR count). The third-order valence-electron chi connectivity index (χ3n) is 2.21. The van der Waals surface area contributed by atoms with E-state index in [2.05, 4.69) is 37.6 Å². The van der Waals surface area contributed by atoms with Gasteiger partial charge in [-0.3, -0.25) is 4.90 Å². The standard InChI is InChI=1S/C9H13BrN2S.2ClH/c10-8-5-9(13-7-8)6-12-3-1-11-2-4-12;;/h5,7,11H,1-4,6H2;2*1H. The fraction of sp³-hybridized carbons (Fsp3) is 0.556. The van der Waals surface area contributed by atoms with Crippen LogP contribution in [-0.4, -0.2) is 31.1 Å². The van der Waals surface area contributed by atoms with Crippen LogP contribution in [0.1, 0.15) is 4.88 Å². The highest BCUT2D eigenvalue weighted by molar-refractivity contribution is 9.10. The van der Waals surface area contributed by atoms with E-state index in [1.807, 2.05) is 11.3 Å². The first-order chi connectivity index (χ1) is 6.34. The zero-order valence-corrected chi connectivity index (χ0v) is 12.3. The van der Waals surface area contributed by atoms with Crippen molar-refractivity contribution in [3.8, 4) is 0 Å². The molecule has 15 heavy (non-hydrogen) atoms. The quantitative estimate of drug-likeness (QED) is 0.895. The minimum absolute atomic E-state index is 0. The summed E-state index contributed by atoms with van der Waals surface area (Å²) in [6, 6.07) is 2.21. The molecule has 0 aromatic carbocycles. The molecule has 1 aliphatic heterocycles. The highest BCUT2D eigenvalue weighted by Gasteiger charge is 2.10. The molecule has 1 aliphatic rings. The van der Waals surface area contributed by atoms with Gasteiger partial charge in [-0.1, -0.05) is 0 Å². The van der Waals surface area contributed by atoms with Crippen molar-refractivity contribution in [3.63, 3.8) is 0 Å². The third-order valence-corrected chi connectivity index (χ3v) is 3.89. The molecule has 6 heteroatoms. The van der Waals surface area contributed by atoms with Gasteiger partial charge in [-0.2, -0.15) is 0 Å². The second-order valence-corrected chi connectivity index (χ2v) is 5.17. The van der Waals surface area contributed by atoms with Crippen molar-refractivity contribution in [3.05, 3.63) is 20.8 Å². The van der Waals surface area contributed by atoms with Gasteiger partial charge in [0.25, 0.3) is 0 Å². The maximum absolute atomic E-state index is 3.48. The summed E-state index contributed by atoms with van der Waals surface area (Å²) in [5.74, 6) is 0. The van der Waals surface area contributed by atoms with Crippen LogP contribution in [0.5, 0.6) is 0 Å². The molecule has 0 amide bonds. The fourth-order valence-electron chi connectivity index (χ4n) is 1.53. The number of halogens is 3. The average molecular weight is 334 g/mol. The second kappa shape index (κ2) is 7.87. The minimum atomic E-state index is 0. The molecule has 1 fully saturated rings. The topological polar surface area (TPSA) is 15.3 Å². The zero-order valence-electron chi connectivity index (χ0n) is 8.24. The van der Waals surface area contributed by atoms with Crippen LogP contribution in [0.3, 0.4) is 0 Å². The van der Waals surface area contributed by atoms with Crippen LogP contribution in [0.2, 0.25) is 0 Å². The summed E-state index contributed by atoms with van der Waals surface area (Å²) in [5.41, 5.74) is 0. The van der Waals surface area contributed by atoms with E-state index in [4.69, 9.17) is 0 Å². The molecule has 88 valence electrons. The Hall–Kier alpha value is 0.680. The molecule has 0 spiro atoms. The van der Waals surface area contributed by atoms with E-state index < -0.39 is 0 Å². The Morgan fingerprint density at radius 1 is 1.33 bits per heavy atom. The molecule has 1 saturated heterocycles.